The van der Waals surface area contributed by atoms with Crippen LogP contribution >= 0.6 is 0 Å². The summed E-state index contributed by atoms with van der Waals surface area (Å²) in [6.07, 6.45) is 2.73. The van der Waals surface area contributed by atoms with Gasteiger partial charge in [0.15, 0.2) is 11.6 Å². The number of nitrogens with zero attached hydrogens (tertiary/aromatic N) is 1. The molecule has 2 aromatic rings. The fourth-order valence-electron chi connectivity index (χ4n) is 1.69. The van der Waals surface area contributed by atoms with Crippen molar-refractivity contribution in [3.05, 3.63) is 47.5 Å². The summed E-state index contributed by atoms with van der Waals surface area (Å²) in [5.41, 5.74) is 1.52. The number of benzene rings is 1. The first-order chi connectivity index (χ1) is 8.99. The number of pyridine rings is 1. The molecule has 0 atom stereocenters. The normalized spacial score (nSPS) is 10.4. The first kappa shape index (κ1) is 13.5. The summed E-state index contributed by atoms with van der Waals surface area (Å²) in [4.78, 5) is 3.84. The monoisotopic (exact) mass is 261 g/mol. The van der Waals surface area contributed by atoms with Gasteiger partial charge in [-0.15, -0.1) is 0 Å². The van der Waals surface area contributed by atoms with E-state index in [9.17, 15) is 14.4 Å². The molecule has 4 nitrogen and oxygen atoms in total. The smallest absolute Gasteiger partial charge is 0.452 e. The second kappa shape index (κ2) is 5.38. The van der Waals surface area contributed by atoms with Gasteiger partial charge < -0.3 is 14.8 Å². The van der Waals surface area contributed by atoms with E-state index in [1.807, 2.05) is 0 Å². The minimum atomic E-state index is -1.64. The van der Waals surface area contributed by atoms with Crippen LogP contribution in [0.25, 0.3) is 0 Å². The zero-order valence-corrected chi connectivity index (χ0v) is 10.6. The Balaban J connectivity index is 2.36. The number of halogens is 1. The minimum absolute atomic E-state index is 0.0695. The van der Waals surface area contributed by atoms with Gasteiger partial charge in [-0.1, -0.05) is 6.07 Å². The molecule has 0 spiro atoms. The molecule has 19 heavy (non-hydrogen) atoms. The molecule has 6 heteroatoms. The Morgan fingerprint density at radius 3 is 2.53 bits per heavy atom. The van der Waals surface area contributed by atoms with Crippen LogP contribution in [-0.2, 0) is 0 Å². The van der Waals surface area contributed by atoms with Crippen LogP contribution < -0.4 is 10.2 Å². The topological polar surface area (TPSA) is 62.6 Å². The highest BCUT2D eigenvalue weighted by Crippen LogP contribution is 2.26. The fraction of sp³-hybridized carbons (Fsp3) is 0.154. The van der Waals surface area contributed by atoms with Crippen LogP contribution in [0, 0.1) is 19.7 Å². The van der Waals surface area contributed by atoms with Crippen LogP contribution in [0.2, 0.25) is 0 Å². The molecule has 0 saturated heterocycles. The first-order valence-corrected chi connectivity index (χ1v) is 5.73. The highest BCUT2D eigenvalue weighted by atomic mass is 19.1. The third kappa shape index (κ3) is 2.92. The van der Waals surface area contributed by atoms with Gasteiger partial charge in [0, 0.05) is 11.7 Å². The lowest BCUT2D eigenvalue weighted by Crippen LogP contribution is -2.32. The SMILES string of the molecule is Cc1ccc(Oc2cncc(B(O)O)c2C)c(F)c1. The number of ether oxygens (including phenoxy) is 1. The average molecular weight is 261 g/mol. The lowest BCUT2D eigenvalue weighted by atomic mass is 9.78. The maximum absolute atomic E-state index is 13.7. The molecule has 98 valence electrons. The highest BCUT2D eigenvalue weighted by Gasteiger charge is 2.18. The van der Waals surface area contributed by atoms with E-state index in [0.29, 0.717) is 5.56 Å². The molecular weight excluding hydrogens is 248 g/mol. The van der Waals surface area contributed by atoms with Gasteiger partial charge in [-0.3, -0.25) is 4.98 Å². The van der Waals surface area contributed by atoms with Crippen LogP contribution in [-0.4, -0.2) is 22.2 Å². The van der Waals surface area contributed by atoms with Gasteiger partial charge in [0.1, 0.15) is 5.75 Å². The molecule has 2 rings (SSSR count). The molecule has 1 heterocycles. The second-order valence-electron chi connectivity index (χ2n) is 4.26. The second-order valence-corrected chi connectivity index (χ2v) is 4.26. The predicted molar refractivity (Wildman–Crippen MR) is 70.0 cm³/mol. The molecule has 0 aliphatic carbocycles. The van der Waals surface area contributed by atoms with Gasteiger partial charge in [0.05, 0.1) is 6.20 Å². The summed E-state index contributed by atoms with van der Waals surface area (Å²) in [6.45, 7) is 3.43. The summed E-state index contributed by atoms with van der Waals surface area (Å²) in [7, 11) is -1.64. The van der Waals surface area contributed by atoms with Gasteiger partial charge in [-0.25, -0.2) is 4.39 Å². The third-order valence-electron chi connectivity index (χ3n) is 2.79. The van der Waals surface area contributed by atoms with Gasteiger partial charge >= 0.3 is 7.12 Å². The van der Waals surface area contributed by atoms with Crippen LogP contribution in [0.3, 0.4) is 0 Å². The van der Waals surface area contributed by atoms with Crippen LogP contribution in [0.5, 0.6) is 11.5 Å². The van der Waals surface area contributed by atoms with E-state index < -0.39 is 12.9 Å². The summed E-state index contributed by atoms with van der Waals surface area (Å²) in [6, 6.07) is 4.61. The van der Waals surface area contributed by atoms with Gasteiger partial charge in [0.2, 0.25) is 0 Å². The lowest BCUT2D eigenvalue weighted by Gasteiger charge is -2.12. The number of aryl methyl sites for hydroxylation is 1. The Labute approximate surface area is 110 Å². The molecule has 0 bridgehead atoms. The van der Waals surface area contributed by atoms with E-state index in [4.69, 9.17) is 4.74 Å². The molecule has 1 aromatic heterocycles. The molecule has 0 unspecified atom stereocenters. The van der Waals surface area contributed by atoms with Crippen molar-refractivity contribution in [2.75, 3.05) is 0 Å². The molecule has 2 N–H and O–H groups in total. The van der Waals surface area contributed by atoms with E-state index >= 15 is 0 Å². The molecule has 0 aliphatic rings. The fourth-order valence-corrected chi connectivity index (χ4v) is 1.69. The first-order valence-electron chi connectivity index (χ1n) is 5.73. The van der Waals surface area contributed by atoms with Gasteiger partial charge in [-0.05, 0) is 37.1 Å². The number of hydrogen-bond donors (Lipinski definition) is 2. The molecule has 0 amide bonds. The summed E-state index contributed by atoms with van der Waals surface area (Å²) in [5.74, 6) is -0.122. The average Bonchev–Trinajstić information content (AvgIpc) is 2.34. The Bertz CT molecular complexity index is 604. The van der Waals surface area contributed by atoms with E-state index in [2.05, 4.69) is 4.98 Å². The van der Waals surface area contributed by atoms with Crippen molar-refractivity contribution in [2.45, 2.75) is 13.8 Å². The van der Waals surface area contributed by atoms with Crippen molar-refractivity contribution >= 4 is 12.6 Å². The molecule has 0 radical (unpaired) electrons. The van der Waals surface area contributed by atoms with Crippen molar-refractivity contribution in [2.24, 2.45) is 0 Å². The zero-order valence-electron chi connectivity index (χ0n) is 10.6. The minimum Gasteiger partial charge on any atom is -0.452 e. The Morgan fingerprint density at radius 1 is 1.16 bits per heavy atom. The van der Waals surface area contributed by atoms with Crippen molar-refractivity contribution in [3.8, 4) is 11.5 Å². The molecule has 0 aliphatic heterocycles. The number of rotatable bonds is 3. The summed E-state index contributed by atoms with van der Waals surface area (Å²) >= 11 is 0. The quantitative estimate of drug-likeness (QED) is 0.818. The highest BCUT2D eigenvalue weighted by molar-refractivity contribution is 6.59. The number of hydrogen-bond acceptors (Lipinski definition) is 4. The third-order valence-corrected chi connectivity index (χ3v) is 2.79. The van der Waals surface area contributed by atoms with Crippen molar-refractivity contribution in [1.82, 2.24) is 4.98 Å². The van der Waals surface area contributed by atoms with E-state index in [1.165, 1.54) is 24.5 Å². The van der Waals surface area contributed by atoms with Crippen LogP contribution in [0.15, 0.2) is 30.6 Å². The molecule has 1 aromatic carbocycles. The van der Waals surface area contributed by atoms with E-state index in [1.54, 1.807) is 19.9 Å². The Kier molecular flexibility index (Phi) is 3.83. The van der Waals surface area contributed by atoms with Crippen LogP contribution in [0.4, 0.5) is 4.39 Å². The van der Waals surface area contributed by atoms with E-state index in [-0.39, 0.29) is 17.0 Å². The van der Waals surface area contributed by atoms with Crippen molar-refractivity contribution in [1.29, 1.82) is 0 Å². The zero-order chi connectivity index (χ0) is 14.0. The predicted octanol–water partition coefficient (Wildman–Crippen LogP) is 1.31. The Hall–Kier alpha value is -1.92. The lowest BCUT2D eigenvalue weighted by molar-refractivity contribution is 0.422. The van der Waals surface area contributed by atoms with Crippen LogP contribution in [0.1, 0.15) is 11.1 Å². The van der Waals surface area contributed by atoms with Crippen molar-refractivity contribution in [3.63, 3.8) is 0 Å². The summed E-state index contributed by atoms with van der Waals surface area (Å²) < 4.78 is 19.1. The Morgan fingerprint density at radius 2 is 1.89 bits per heavy atom. The molecule has 0 fully saturated rings. The summed E-state index contributed by atoms with van der Waals surface area (Å²) in [5, 5.41) is 18.3. The van der Waals surface area contributed by atoms with Gasteiger partial charge in [0.25, 0.3) is 0 Å². The largest absolute Gasteiger partial charge is 0.490 e. The molecular formula is C13H13BFNO3. The standard InChI is InChI=1S/C13H13BFNO3/c1-8-3-4-12(11(15)5-8)19-13-7-16-6-10(9(13)2)14(17)18/h3-7,17-18H,1-2H3. The maximum Gasteiger partial charge on any atom is 0.490 e. The molecule has 0 saturated carbocycles. The van der Waals surface area contributed by atoms with Gasteiger partial charge in [-0.2, -0.15) is 0 Å². The van der Waals surface area contributed by atoms with E-state index in [0.717, 1.165) is 5.56 Å². The maximum atomic E-state index is 13.7. The van der Waals surface area contributed by atoms with Crippen molar-refractivity contribution < 1.29 is 19.2 Å². The number of aromatic nitrogens is 1.